The molecule has 0 aromatic heterocycles. The van der Waals surface area contributed by atoms with Crippen molar-refractivity contribution in [3.63, 3.8) is 0 Å². The van der Waals surface area contributed by atoms with E-state index in [0.29, 0.717) is 11.3 Å². The Morgan fingerprint density at radius 1 is 1.23 bits per heavy atom. The van der Waals surface area contributed by atoms with Gasteiger partial charge in [0, 0.05) is 17.4 Å². The molecule has 2 aliphatic heterocycles. The highest BCUT2D eigenvalue weighted by molar-refractivity contribution is 7.99. The third kappa shape index (κ3) is 2.98. The fourth-order valence-electron chi connectivity index (χ4n) is 4.01. The molecule has 1 aromatic carbocycles. The molecule has 6 nitrogen and oxygen atoms in total. The van der Waals surface area contributed by atoms with E-state index in [1.54, 1.807) is 23.6 Å². The largest absolute Gasteiger partial charge is 0.352 e. The Hall–Kier alpha value is -2.02. The van der Waals surface area contributed by atoms with E-state index in [9.17, 15) is 14.4 Å². The standard InChI is InChI=1S/C19H23N3O3S/c1-11(16(23)21-12-6-2-3-7-12)20-17(24)15-10-26-19-14-9-5-4-8-13(14)18(25)22(15)19/h4-5,8-9,11-12,15,19H,2-3,6-7,10H2,1H3,(H,20,24)(H,21,23)/t11-,15-,19-/m0/s1. The van der Waals surface area contributed by atoms with Gasteiger partial charge in [0.25, 0.3) is 5.91 Å². The highest BCUT2D eigenvalue weighted by atomic mass is 32.2. The van der Waals surface area contributed by atoms with Crippen LogP contribution in [-0.2, 0) is 9.59 Å². The minimum Gasteiger partial charge on any atom is -0.352 e. The molecule has 1 aliphatic carbocycles. The van der Waals surface area contributed by atoms with Gasteiger partial charge in [-0.2, -0.15) is 0 Å². The molecule has 138 valence electrons. The second-order valence-corrected chi connectivity index (χ2v) is 8.33. The van der Waals surface area contributed by atoms with Crippen molar-refractivity contribution >= 4 is 29.5 Å². The Balaban J connectivity index is 1.40. The van der Waals surface area contributed by atoms with Crippen molar-refractivity contribution < 1.29 is 14.4 Å². The summed E-state index contributed by atoms with van der Waals surface area (Å²) in [7, 11) is 0. The Kier molecular flexibility index (Phi) is 4.65. The summed E-state index contributed by atoms with van der Waals surface area (Å²) in [6, 6.07) is 6.60. The lowest BCUT2D eigenvalue weighted by atomic mass is 10.1. The van der Waals surface area contributed by atoms with Gasteiger partial charge in [0.05, 0.1) is 0 Å². The van der Waals surface area contributed by atoms with Gasteiger partial charge in [0.15, 0.2) is 0 Å². The van der Waals surface area contributed by atoms with Gasteiger partial charge in [0.1, 0.15) is 17.5 Å². The summed E-state index contributed by atoms with van der Waals surface area (Å²) in [6.45, 7) is 1.70. The highest BCUT2D eigenvalue weighted by Crippen LogP contribution is 2.48. The highest BCUT2D eigenvalue weighted by Gasteiger charge is 2.48. The molecular formula is C19H23N3O3S. The molecule has 1 saturated heterocycles. The SMILES string of the molecule is C[C@H](NC(=O)[C@@H]1CS[C@H]2c3ccccc3C(=O)N12)C(=O)NC1CCCC1. The lowest BCUT2D eigenvalue weighted by Crippen LogP contribution is -2.53. The summed E-state index contributed by atoms with van der Waals surface area (Å²) in [5, 5.41) is 5.70. The summed E-state index contributed by atoms with van der Waals surface area (Å²) in [6.07, 6.45) is 4.30. The maximum Gasteiger partial charge on any atom is 0.256 e. The first-order chi connectivity index (χ1) is 12.6. The second kappa shape index (κ2) is 6.95. The van der Waals surface area contributed by atoms with Crippen LogP contribution >= 0.6 is 11.8 Å². The van der Waals surface area contributed by atoms with E-state index in [-0.39, 0.29) is 29.1 Å². The van der Waals surface area contributed by atoms with E-state index in [1.165, 1.54) is 0 Å². The number of benzene rings is 1. The van der Waals surface area contributed by atoms with E-state index in [2.05, 4.69) is 10.6 Å². The average Bonchev–Trinajstić information content (AvgIpc) is 3.34. The minimum absolute atomic E-state index is 0.0983. The molecule has 0 bridgehead atoms. The molecule has 2 fully saturated rings. The number of carbonyl (C=O) groups is 3. The molecule has 1 saturated carbocycles. The maximum atomic E-state index is 12.7. The molecule has 2 heterocycles. The zero-order chi connectivity index (χ0) is 18.3. The number of hydrogen-bond donors (Lipinski definition) is 2. The molecule has 26 heavy (non-hydrogen) atoms. The Morgan fingerprint density at radius 2 is 1.96 bits per heavy atom. The molecule has 1 aromatic rings. The van der Waals surface area contributed by atoms with Gasteiger partial charge >= 0.3 is 0 Å². The number of carbonyl (C=O) groups excluding carboxylic acids is 3. The smallest absolute Gasteiger partial charge is 0.256 e. The number of nitrogens with zero attached hydrogens (tertiary/aromatic N) is 1. The zero-order valence-electron chi connectivity index (χ0n) is 14.7. The number of thioether (sulfide) groups is 1. The van der Waals surface area contributed by atoms with Gasteiger partial charge in [-0.15, -0.1) is 11.8 Å². The monoisotopic (exact) mass is 373 g/mol. The van der Waals surface area contributed by atoms with Crippen molar-refractivity contribution in [2.45, 2.75) is 56.1 Å². The summed E-state index contributed by atoms with van der Waals surface area (Å²) in [5.41, 5.74) is 1.65. The average molecular weight is 373 g/mol. The number of hydrogen-bond acceptors (Lipinski definition) is 4. The molecule has 0 radical (unpaired) electrons. The fourth-order valence-corrected chi connectivity index (χ4v) is 5.48. The first-order valence-corrected chi connectivity index (χ1v) is 10.2. The molecule has 3 amide bonds. The van der Waals surface area contributed by atoms with Crippen LogP contribution in [0.15, 0.2) is 24.3 Å². The third-order valence-electron chi connectivity index (χ3n) is 5.45. The summed E-state index contributed by atoms with van der Waals surface area (Å²) in [4.78, 5) is 39.4. The van der Waals surface area contributed by atoms with Crippen molar-refractivity contribution in [2.24, 2.45) is 0 Å². The Bertz CT molecular complexity index is 747. The first-order valence-electron chi connectivity index (χ1n) is 9.20. The van der Waals surface area contributed by atoms with Gasteiger partial charge < -0.3 is 15.5 Å². The van der Waals surface area contributed by atoms with Crippen LogP contribution in [-0.4, -0.2) is 46.5 Å². The summed E-state index contributed by atoms with van der Waals surface area (Å²) >= 11 is 1.60. The molecule has 0 unspecified atom stereocenters. The Labute approximate surface area is 157 Å². The van der Waals surface area contributed by atoms with E-state index >= 15 is 0 Å². The van der Waals surface area contributed by atoms with Crippen molar-refractivity contribution in [3.8, 4) is 0 Å². The number of amides is 3. The summed E-state index contributed by atoms with van der Waals surface area (Å²) < 4.78 is 0. The Morgan fingerprint density at radius 3 is 2.73 bits per heavy atom. The number of rotatable bonds is 4. The van der Waals surface area contributed by atoms with Gasteiger partial charge in [-0.05, 0) is 31.4 Å². The normalized spacial score (nSPS) is 25.7. The maximum absolute atomic E-state index is 12.7. The predicted octanol–water partition coefficient (Wildman–Crippen LogP) is 1.82. The molecule has 3 aliphatic rings. The van der Waals surface area contributed by atoms with Crippen LogP contribution in [0.4, 0.5) is 0 Å². The van der Waals surface area contributed by atoms with Gasteiger partial charge in [-0.1, -0.05) is 31.0 Å². The molecule has 2 N–H and O–H groups in total. The second-order valence-electron chi connectivity index (χ2n) is 7.22. The van der Waals surface area contributed by atoms with Gasteiger partial charge in [-0.25, -0.2) is 0 Å². The van der Waals surface area contributed by atoms with Crippen molar-refractivity contribution in [3.05, 3.63) is 35.4 Å². The van der Waals surface area contributed by atoms with Crippen LogP contribution in [0.1, 0.15) is 53.9 Å². The van der Waals surface area contributed by atoms with Crippen molar-refractivity contribution in [1.29, 1.82) is 0 Å². The van der Waals surface area contributed by atoms with Crippen LogP contribution < -0.4 is 10.6 Å². The van der Waals surface area contributed by atoms with Crippen molar-refractivity contribution in [1.82, 2.24) is 15.5 Å². The van der Waals surface area contributed by atoms with Gasteiger partial charge in [0.2, 0.25) is 11.8 Å². The quantitative estimate of drug-likeness (QED) is 0.844. The van der Waals surface area contributed by atoms with Crippen molar-refractivity contribution in [2.75, 3.05) is 5.75 Å². The molecular weight excluding hydrogens is 350 g/mol. The third-order valence-corrected chi connectivity index (χ3v) is 6.75. The van der Waals surface area contributed by atoms with E-state index in [0.717, 1.165) is 31.2 Å². The fraction of sp³-hybridized carbons (Fsp3) is 0.526. The predicted molar refractivity (Wildman–Crippen MR) is 99.6 cm³/mol. The molecule has 0 spiro atoms. The van der Waals surface area contributed by atoms with Crippen LogP contribution in [0.5, 0.6) is 0 Å². The molecule has 7 heteroatoms. The molecule has 4 rings (SSSR count). The van der Waals surface area contributed by atoms with Crippen LogP contribution in [0, 0.1) is 0 Å². The van der Waals surface area contributed by atoms with Crippen LogP contribution in [0.2, 0.25) is 0 Å². The van der Waals surface area contributed by atoms with E-state index < -0.39 is 12.1 Å². The molecule has 3 atom stereocenters. The van der Waals surface area contributed by atoms with Crippen LogP contribution in [0.3, 0.4) is 0 Å². The summed E-state index contributed by atoms with van der Waals surface area (Å²) in [5.74, 6) is 0.0469. The van der Waals surface area contributed by atoms with E-state index in [1.807, 2.05) is 24.3 Å². The lowest BCUT2D eigenvalue weighted by molar-refractivity contribution is -0.130. The van der Waals surface area contributed by atoms with Gasteiger partial charge in [-0.3, -0.25) is 14.4 Å². The number of fused-ring (bicyclic) bond motifs is 3. The van der Waals surface area contributed by atoms with E-state index in [4.69, 9.17) is 0 Å². The first kappa shape index (κ1) is 17.4. The topological polar surface area (TPSA) is 78.5 Å². The lowest BCUT2D eigenvalue weighted by Gasteiger charge is -2.24. The zero-order valence-corrected chi connectivity index (χ0v) is 15.6. The van der Waals surface area contributed by atoms with Crippen LogP contribution in [0.25, 0.3) is 0 Å². The number of nitrogens with one attached hydrogen (secondary N) is 2. The minimum atomic E-state index is -0.604.